The minimum absolute atomic E-state index is 0.151. The summed E-state index contributed by atoms with van der Waals surface area (Å²) in [6, 6.07) is 12.8. The Morgan fingerprint density at radius 3 is 2.22 bits per heavy atom. The second kappa shape index (κ2) is 9.94. The minimum atomic E-state index is -0.151. The van der Waals surface area contributed by atoms with E-state index in [4.69, 9.17) is 39.9 Å². The van der Waals surface area contributed by atoms with Crippen LogP contribution in [0.2, 0.25) is 15.1 Å². The zero-order valence-electron chi connectivity index (χ0n) is 21.1. The van der Waals surface area contributed by atoms with E-state index >= 15 is 0 Å². The van der Waals surface area contributed by atoms with Gasteiger partial charge in [0.2, 0.25) is 0 Å². The van der Waals surface area contributed by atoms with E-state index < -0.39 is 0 Å². The molecule has 4 aliphatic carbocycles. The molecule has 1 heterocycles. The Morgan fingerprint density at radius 1 is 0.973 bits per heavy atom. The Bertz CT molecular complexity index is 1300. The Balaban J connectivity index is 1.21. The lowest BCUT2D eigenvalue weighted by atomic mass is 9.48. The van der Waals surface area contributed by atoms with E-state index in [1.54, 1.807) is 16.8 Å². The summed E-state index contributed by atoms with van der Waals surface area (Å²) in [5.41, 5.74) is 4.11. The third-order valence-corrected chi connectivity index (χ3v) is 9.72. The zero-order valence-corrected chi connectivity index (χ0v) is 23.3. The summed E-state index contributed by atoms with van der Waals surface area (Å²) in [5.74, 6) is 2.72. The number of carbonyl (C=O) groups excluding carboxylic acids is 1. The van der Waals surface area contributed by atoms with Crippen LogP contribution in [-0.4, -0.2) is 22.2 Å². The molecule has 0 aliphatic heterocycles. The molecule has 0 radical (unpaired) electrons. The van der Waals surface area contributed by atoms with Crippen molar-refractivity contribution in [1.29, 1.82) is 0 Å². The summed E-state index contributed by atoms with van der Waals surface area (Å²) in [4.78, 5) is 13.3. The molecule has 4 aliphatic rings. The van der Waals surface area contributed by atoms with Crippen molar-refractivity contribution in [3.63, 3.8) is 0 Å². The van der Waals surface area contributed by atoms with Crippen molar-refractivity contribution in [1.82, 2.24) is 15.1 Å². The maximum Gasteiger partial charge on any atom is 0.272 e. The molecule has 0 saturated heterocycles. The molecule has 4 fully saturated rings. The zero-order chi connectivity index (χ0) is 25.7. The third-order valence-electron chi connectivity index (χ3n) is 8.93. The van der Waals surface area contributed by atoms with Gasteiger partial charge in [0, 0.05) is 27.7 Å². The SMILES string of the molecule is Cc1c(C(=O)NCCCC23CC4CC(CC(C4)C2)C3)nn(-c2ccc(Cl)cc2Cl)c1-c1ccc(Cl)cc1. The topological polar surface area (TPSA) is 46.9 Å². The summed E-state index contributed by atoms with van der Waals surface area (Å²) in [7, 11) is 0. The molecule has 3 aromatic rings. The lowest BCUT2D eigenvalue weighted by molar-refractivity contribution is -0.0579. The van der Waals surface area contributed by atoms with E-state index in [-0.39, 0.29) is 5.91 Å². The fourth-order valence-electron chi connectivity index (χ4n) is 7.83. The first-order valence-electron chi connectivity index (χ1n) is 13.4. The molecule has 1 N–H and O–H groups in total. The number of hydrogen-bond donors (Lipinski definition) is 1. The van der Waals surface area contributed by atoms with Gasteiger partial charge in [-0.25, -0.2) is 4.68 Å². The van der Waals surface area contributed by atoms with Crippen LogP contribution in [0.15, 0.2) is 42.5 Å². The molecule has 4 nitrogen and oxygen atoms in total. The number of aromatic nitrogens is 2. The average molecular weight is 557 g/mol. The smallest absolute Gasteiger partial charge is 0.272 e. The fraction of sp³-hybridized carbons (Fsp3) is 0.467. The van der Waals surface area contributed by atoms with Crippen LogP contribution in [0.1, 0.15) is 67.4 Å². The Morgan fingerprint density at radius 2 is 1.59 bits per heavy atom. The van der Waals surface area contributed by atoms with Gasteiger partial charge in [-0.3, -0.25) is 4.79 Å². The van der Waals surface area contributed by atoms with Crippen LogP contribution >= 0.6 is 34.8 Å². The van der Waals surface area contributed by atoms with E-state index in [1.807, 2.05) is 37.3 Å². The molecule has 0 spiro atoms. The predicted molar refractivity (Wildman–Crippen MR) is 151 cm³/mol. The molecule has 1 aromatic heterocycles. The number of nitrogens with one attached hydrogen (secondary N) is 1. The van der Waals surface area contributed by atoms with Crippen molar-refractivity contribution >= 4 is 40.7 Å². The molecule has 0 atom stereocenters. The molecule has 37 heavy (non-hydrogen) atoms. The van der Waals surface area contributed by atoms with Crippen LogP contribution in [-0.2, 0) is 0 Å². The number of hydrogen-bond acceptors (Lipinski definition) is 2. The summed E-state index contributed by atoms with van der Waals surface area (Å²) in [5, 5.41) is 9.56. The Kier molecular flexibility index (Phi) is 6.79. The quantitative estimate of drug-likeness (QED) is 0.296. The molecular weight excluding hydrogens is 525 g/mol. The number of carbonyl (C=O) groups is 1. The third kappa shape index (κ3) is 4.93. The first-order chi connectivity index (χ1) is 17.8. The van der Waals surface area contributed by atoms with Crippen LogP contribution in [0.3, 0.4) is 0 Å². The summed E-state index contributed by atoms with van der Waals surface area (Å²) in [6.07, 6.45) is 10.8. The number of benzene rings is 2. The normalized spacial score (nSPS) is 26.0. The van der Waals surface area contributed by atoms with Gasteiger partial charge in [-0.15, -0.1) is 0 Å². The van der Waals surface area contributed by atoms with E-state index in [0.717, 1.165) is 41.0 Å². The highest BCUT2D eigenvalue weighted by Gasteiger charge is 2.50. The first-order valence-corrected chi connectivity index (χ1v) is 14.5. The summed E-state index contributed by atoms with van der Waals surface area (Å²) in [6.45, 7) is 2.60. The van der Waals surface area contributed by atoms with Crippen LogP contribution in [0, 0.1) is 30.1 Å². The average Bonchev–Trinajstić information content (AvgIpc) is 3.18. The van der Waals surface area contributed by atoms with Gasteiger partial charge in [0.1, 0.15) is 0 Å². The number of amides is 1. The number of rotatable bonds is 7. The standard InChI is InChI=1S/C30H32Cl3N3O/c1-18-27(29(37)34-10-2-9-30-15-19-11-20(16-30)13-21(12-19)17-30)35-36(26-8-7-24(32)14-25(26)33)28(18)22-3-5-23(31)6-4-22/h3-8,14,19-21H,2,9-13,15-17H2,1H3,(H,34,37). The number of halogens is 3. The van der Waals surface area contributed by atoms with Gasteiger partial charge in [-0.1, -0.05) is 46.9 Å². The van der Waals surface area contributed by atoms with Gasteiger partial charge in [-0.05, 0) is 112 Å². The maximum absolute atomic E-state index is 13.3. The predicted octanol–water partition coefficient (Wildman–Crippen LogP) is 8.53. The Labute approximate surface area is 233 Å². The minimum Gasteiger partial charge on any atom is -0.351 e. The van der Waals surface area contributed by atoms with Crippen molar-refractivity contribution < 1.29 is 4.79 Å². The van der Waals surface area contributed by atoms with Crippen molar-refractivity contribution in [3.05, 3.63) is 68.8 Å². The molecule has 194 valence electrons. The van der Waals surface area contributed by atoms with Crippen molar-refractivity contribution in [2.45, 2.75) is 58.3 Å². The first kappa shape index (κ1) is 25.3. The van der Waals surface area contributed by atoms with Crippen molar-refractivity contribution in [3.8, 4) is 16.9 Å². The molecule has 2 aromatic carbocycles. The monoisotopic (exact) mass is 555 g/mol. The Hall–Kier alpha value is -2.01. The summed E-state index contributed by atoms with van der Waals surface area (Å²) >= 11 is 18.8. The highest BCUT2D eigenvalue weighted by atomic mass is 35.5. The van der Waals surface area contributed by atoms with Gasteiger partial charge in [0.05, 0.1) is 16.4 Å². The van der Waals surface area contributed by atoms with Gasteiger partial charge in [-0.2, -0.15) is 5.10 Å². The van der Waals surface area contributed by atoms with Crippen molar-refractivity contribution in [2.24, 2.45) is 23.2 Å². The van der Waals surface area contributed by atoms with Crippen LogP contribution in [0.25, 0.3) is 16.9 Å². The fourth-order valence-corrected chi connectivity index (χ4v) is 8.45. The van der Waals surface area contributed by atoms with Gasteiger partial charge in [0.15, 0.2) is 5.69 Å². The lowest BCUT2D eigenvalue weighted by Crippen LogP contribution is -2.46. The number of nitrogens with zero attached hydrogens (tertiary/aromatic N) is 2. The molecule has 0 unspecified atom stereocenters. The molecule has 1 amide bonds. The second-order valence-corrected chi connectivity index (χ2v) is 12.9. The van der Waals surface area contributed by atoms with Gasteiger partial charge in [0.25, 0.3) is 5.91 Å². The maximum atomic E-state index is 13.3. The molecular formula is C30H32Cl3N3O. The molecule has 7 heteroatoms. The highest BCUT2D eigenvalue weighted by Crippen LogP contribution is 2.61. The van der Waals surface area contributed by atoms with Crippen LogP contribution in [0.5, 0.6) is 0 Å². The largest absolute Gasteiger partial charge is 0.351 e. The molecule has 4 saturated carbocycles. The van der Waals surface area contributed by atoms with Crippen molar-refractivity contribution in [2.75, 3.05) is 6.54 Å². The highest BCUT2D eigenvalue weighted by molar-refractivity contribution is 6.35. The van der Waals surface area contributed by atoms with E-state index in [1.165, 1.54) is 44.9 Å². The second-order valence-electron chi connectivity index (χ2n) is 11.6. The molecule has 4 bridgehead atoms. The van der Waals surface area contributed by atoms with Crippen LogP contribution < -0.4 is 5.32 Å². The van der Waals surface area contributed by atoms with Gasteiger partial charge < -0.3 is 5.32 Å². The van der Waals surface area contributed by atoms with E-state index in [9.17, 15) is 4.79 Å². The van der Waals surface area contributed by atoms with E-state index in [0.29, 0.717) is 38.4 Å². The molecule has 7 rings (SSSR count). The van der Waals surface area contributed by atoms with Crippen LogP contribution in [0.4, 0.5) is 0 Å². The lowest BCUT2D eigenvalue weighted by Gasteiger charge is -2.57. The summed E-state index contributed by atoms with van der Waals surface area (Å²) < 4.78 is 1.74. The van der Waals surface area contributed by atoms with E-state index in [2.05, 4.69) is 5.32 Å². The van der Waals surface area contributed by atoms with Gasteiger partial charge >= 0.3 is 0 Å².